The molecule has 1 unspecified atom stereocenters. The average Bonchev–Trinajstić information content (AvgIpc) is 2.11. The number of pyridine rings is 1. The molecule has 0 radical (unpaired) electrons. The van der Waals surface area contributed by atoms with Crippen molar-refractivity contribution in [1.82, 2.24) is 4.98 Å². The van der Waals surface area contributed by atoms with Crippen molar-refractivity contribution in [1.29, 1.82) is 0 Å². The molecule has 0 spiro atoms. The molecule has 0 aromatic carbocycles. The third kappa shape index (κ3) is 4.33. The normalized spacial score (nSPS) is 13.9. The summed E-state index contributed by atoms with van der Waals surface area (Å²) >= 11 is 3.72. The van der Waals surface area contributed by atoms with Gasteiger partial charge in [0.2, 0.25) is 0 Å². The molecule has 0 amide bonds. The number of thioether (sulfide) groups is 1. The lowest BCUT2D eigenvalue weighted by Gasteiger charge is -2.13. The van der Waals surface area contributed by atoms with E-state index in [1.807, 2.05) is 19.9 Å². The fraction of sp³-hybridized carbons (Fsp3) is 0.500. The predicted octanol–water partition coefficient (Wildman–Crippen LogP) is 4.12. The minimum atomic E-state index is -4.20. The van der Waals surface area contributed by atoms with Gasteiger partial charge in [-0.1, -0.05) is 15.9 Å². The second-order valence-electron chi connectivity index (χ2n) is 3.44. The van der Waals surface area contributed by atoms with Crippen LogP contribution in [0.1, 0.15) is 11.3 Å². The van der Waals surface area contributed by atoms with Crippen molar-refractivity contribution in [3.8, 4) is 0 Å². The molecule has 0 bridgehead atoms. The molecule has 1 heterocycles. The Hall–Kier alpha value is -0.230. The van der Waals surface area contributed by atoms with Crippen LogP contribution in [0.3, 0.4) is 0 Å². The first kappa shape index (κ1) is 13.8. The standard InChI is InChI=1S/C10H11BrF3NS/c1-6-3-7(2)15-9(4-6)16-5-8(11)10(12,13)14/h3-4,8H,5H2,1-2H3. The van der Waals surface area contributed by atoms with Crippen LogP contribution < -0.4 is 0 Å². The number of nitrogens with zero attached hydrogens (tertiary/aromatic N) is 1. The first-order valence-electron chi connectivity index (χ1n) is 4.58. The highest BCUT2D eigenvalue weighted by Crippen LogP contribution is 2.31. The second-order valence-corrected chi connectivity index (χ2v) is 5.59. The zero-order chi connectivity index (χ0) is 12.3. The topological polar surface area (TPSA) is 12.9 Å². The molecule has 6 heteroatoms. The highest BCUT2D eigenvalue weighted by Gasteiger charge is 2.37. The fourth-order valence-electron chi connectivity index (χ4n) is 1.13. The zero-order valence-electron chi connectivity index (χ0n) is 8.81. The number of aromatic nitrogens is 1. The second kappa shape index (κ2) is 5.40. The van der Waals surface area contributed by atoms with Gasteiger partial charge in [0.05, 0.1) is 5.03 Å². The molecular weight excluding hydrogens is 303 g/mol. The Balaban J connectivity index is 2.61. The lowest BCUT2D eigenvalue weighted by atomic mass is 10.3. The molecule has 0 saturated carbocycles. The van der Waals surface area contributed by atoms with Gasteiger partial charge in [-0.15, -0.1) is 11.8 Å². The summed E-state index contributed by atoms with van der Waals surface area (Å²) in [6.45, 7) is 3.72. The van der Waals surface area contributed by atoms with Crippen LogP contribution in [0.25, 0.3) is 0 Å². The van der Waals surface area contributed by atoms with E-state index in [9.17, 15) is 13.2 Å². The molecule has 90 valence electrons. The summed E-state index contributed by atoms with van der Waals surface area (Å²) in [4.78, 5) is 2.67. The van der Waals surface area contributed by atoms with Gasteiger partial charge < -0.3 is 0 Å². The molecular formula is C10H11BrF3NS. The van der Waals surface area contributed by atoms with Gasteiger partial charge in [0.25, 0.3) is 0 Å². The molecule has 1 aromatic heterocycles. The molecule has 1 aromatic rings. The summed E-state index contributed by atoms with van der Waals surface area (Å²) < 4.78 is 36.7. The van der Waals surface area contributed by atoms with Crippen molar-refractivity contribution in [3.05, 3.63) is 23.4 Å². The van der Waals surface area contributed by atoms with Crippen LogP contribution in [0.15, 0.2) is 17.2 Å². The van der Waals surface area contributed by atoms with Crippen molar-refractivity contribution in [2.24, 2.45) is 0 Å². The first-order chi connectivity index (χ1) is 7.29. The highest BCUT2D eigenvalue weighted by molar-refractivity contribution is 9.09. The number of hydrogen-bond acceptors (Lipinski definition) is 2. The monoisotopic (exact) mass is 313 g/mol. The van der Waals surface area contributed by atoms with E-state index in [1.54, 1.807) is 6.07 Å². The third-order valence-corrected chi connectivity index (χ3v) is 4.08. The lowest BCUT2D eigenvalue weighted by Crippen LogP contribution is -2.24. The first-order valence-corrected chi connectivity index (χ1v) is 6.48. The van der Waals surface area contributed by atoms with E-state index < -0.39 is 11.0 Å². The van der Waals surface area contributed by atoms with Gasteiger partial charge >= 0.3 is 6.18 Å². The molecule has 0 N–H and O–H groups in total. The third-order valence-electron chi connectivity index (χ3n) is 1.81. The molecule has 0 aliphatic rings. The van der Waals surface area contributed by atoms with Crippen molar-refractivity contribution < 1.29 is 13.2 Å². The Morgan fingerprint density at radius 1 is 1.38 bits per heavy atom. The molecule has 1 rings (SSSR count). The average molecular weight is 314 g/mol. The Morgan fingerprint density at radius 2 is 2.00 bits per heavy atom. The smallest absolute Gasteiger partial charge is 0.247 e. The van der Waals surface area contributed by atoms with E-state index in [0.29, 0.717) is 5.03 Å². The van der Waals surface area contributed by atoms with Crippen molar-refractivity contribution >= 4 is 27.7 Å². The van der Waals surface area contributed by atoms with Crippen LogP contribution >= 0.6 is 27.7 Å². The van der Waals surface area contributed by atoms with Gasteiger partial charge in [0, 0.05) is 11.4 Å². The van der Waals surface area contributed by atoms with Gasteiger partial charge in [-0.05, 0) is 31.5 Å². The maximum atomic E-state index is 12.2. The molecule has 0 saturated heterocycles. The van der Waals surface area contributed by atoms with Crippen LogP contribution in [0.2, 0.25) is 0 Å². The Kier molecular flexibility index (Phi) is 4.67. The van der Waals surface area contributed by atoms with E-state index in [4.69, 9.17) is 0 Å². The van der Waals surface area contributed by atoms with E-state index in [1.165, 1.54) is 0 Å². The number of aryl methyl sites for hydroxylation is 2. The Morgan fingerprint density at radius 3 is 2.50 bits per heavy atom. The summed E-state index contributed by atoms with van der Waals surface area (Å²) in [6.07, 6.45) is -4.20. The maximum absolute atomic E-state index is 12.2. The Labute approximate surface area is 105 Å². The van der Waals surface area contributed by atoms with E-state index in [-0.39, 0.29) is 5.75 Å². The summed E-state index contributed by atoms with van der Waals surface area (Å²) in [5.41, 5.74) is 1.83. The van der Waals surface area contributed by atoms with Gasteiger partial charge in [0.1, 0.15) is 4.83 Å². The van der Waals surface area contributed by atoms with Crippen LogP contribution in [0.5, 0.6) is 0 Å². The van der Waals surface area contributed by atoms with E-state index >= 15 is 0 Å². The molecule has 0 fully saturated rings. The van der Waals surface area contributed by atoms with Crippen molar-refractivity contribution in [2.75, 3.05) is 5.75 Å². The van der Waals surface area contributed by atoms with Crippen LogP contribution in [0, 0.1) is 13.8 Å². The summed E-state index contributed by atoms with van der Waals surface area (Å²) in [7, 11) is 0. The number of halogens is 4. The minimum Gasteiger partial charge on any atom is -0.247 e. The van der Waals surface area contributed by atoms with Gasteiger partial charge in [-0.2, -0.15) is 13.2 Å². The summed E-state index contributed by atoms with van der Waals surface area (Å²) in [6, 6.07) is 3.67. The predicted molar refractivity (Wildman–Crippen MR) is 63.2 cm³/mol. The molecule has 16 heavy (non-hydrogen) atoms. The lowest BCUT2D eigenvalue weighted by molar-refractivity contribution is -0.122. The molecule has 0 aliphatic heterocycles. The SMILES string of the molecule is Cc1cc(C)nc(SCC(Br)C(F)(F)F)c1. The fourth-order valence-corrected chi connectivity index (χ4v) is 2.51. The molecule has 0 aliphatic carbocycles. The van der Waals surface area contributed by atoms with E-state index in [2.05, 4.69) is 20.9 Å². The highest BCUT2D eigenvalue weighted by atomic mass is 79.9. The van der Waals surface area contributed by atoms with Crippen LogP contribution in [-0.4, -0.2) is 21.7 Å². The zero-order valence-corrected chi connectivity index (χ0v) is 11.2. The Bertz CT molecular complexity index is 347. The van der Waals surface area contributed by atoms with Crippen LogP contribution in [-0.2, 0) is 0 Å². The van der Waals surface area contributed by atoms with Crippen molar-refractivity contribution in [3.63, 3.8) is 0 Å². The van der Waals surface area contributed by atoms with Gasteiger partial charge in [0.15, 0.2) is 0 Å². The number of hydrogen-bond donors (Lipinski definition) is 0. The van der Waals surface area contributed by atoms with Gasteiger partial charge in [-0.25, -0.2) is 4.98 Å². The maximum Gasteiger partial charge on any atom is 0.402 e. The molecule has 1 nitrogen and oxygen atoms in total. The van der Waals surface area contributed by atoms with Gasteiger partial charge in [-0.3, -0.25) is 0 Å². The molecule has 1 atom stereocenters. The quantitative estimate of drug-likeness (QED) is 0.615. The van der Waals surface area contributed by atoms with Crippen molar-refractivity contribution in [2.45, 2.75) is 29.9 Å². The number of alkyl halides is 4. The summed E-state index contributed by atoms with van der Waals surface area (Å²) in [5, 5.41) is 0.631. The minimum absolute atomic E-state index is 0.0700. The summed E-state index contributed by atoms with van der Waals surface area (Å²) in [5.74, 6) is -0.0700. The largest absolute Gasteiger partial charge is 0.402 e. The van der Waals surface area contributed by atoms with E-state index in [0.717, 1.165) is 23.0 Å². The van der Waals surface area contributed by atoms with Crippen LogP contribution in [0.4, 0.5) is 13.2 Å². The number of rotatable bonds is 3.